The van der Waals surface area contributed by atoms with Crippen LogP contribution in [-0.2, 0) is 16.4 Å². The van der Waals surface area contributed by atoms with Gasteiger partial charge >= 0.3 is 0 Å². The highest BCUT2D eigenvalue weighted by molar-refractivity contribution is 7.94. The number of aryl methyl sites for hydroxylation is 1. The molecule has 23 heavy (non-hydrogen) atoms. The van der Waals surface area contributed by atoms with Crippen LogP contribution in [0.5, 0.6) is 0 Å². The Morgan fingerprint density at radius 3 is 2.26 bits per heavy atom. The van der Waals surface area contributed by atoms with E-state index >= 15 is 0 Å². The van der Waals surface area contributed by atoms with E-state index in [9.17, 15) is 8.42 Å². The Hall–Kier alpha value is -1.57. The summed E-state index contributed by atoms with van der Waals surface area (Å²) in [5.41, 5.74) is 1.54. The van der Waals surface area contributed by atoms with Crippen LogP contribution in [-0.4, -0.2) is 40.5 Å². The maximum Gasteiger partial charge on any atom is 0.271 e. The lowest BCUT2D eigenvalue weighted by molar-refractivity contribution is 0.425. The SMILES string of the molecule is CCc1ccc(S(=O)(=O)Nc2ccc(NCCN(C)C)cc2)s1. The number of thiophene rings is 1. The Bertz CT molecular complexity index is 722. The molecule has 5 nitrogen and oxygen atoms in total. The minimum atomic E-state index is -3.50. The molecule has 0 saturated carbocycles. The van der Waals surface area contributed by atoms with E-state index in [1.165, 1.54) is 11.3 Å². The molecule has 7 heteroatoms. The summed E-state index contributed by atoms with van der Waals surface area (Å²) in [4.78, 5) is 3.16. The van der Waals surface area contributed by atoms with Crippen molar-refractivity contribution in [2.24, 2.45) is 0 Å². The normalized spacial score (nSPS) is 11.7. The molecular formula is C16H23N3O2S2. The standard InChI is InChI=1S/C16H23N3O2S2/c1-4-15-9-10-16(22-15)23(20,21)18-14-7-5-13(6-8-14)17-11-12-19(2)3/h5-10,17-18H,4,11-12H2,1-3H3. The van der Waals surface area contributed by atoms with Crippen LogP contribution in [0, 0.1) is 0 Å². The molecular weight excluding hydrogens is 330 g/mol. The van der Waals surface area contributed by atoms with Crippen LogP contribution in [0.25, 0.3) is 0 Å². The van der Waals surface area contributed by atoms with Crippen LogP contribution in [0.3, 0.4) is 0 Å². The highest BCUT2D eigenvalue weighted by Gasteiger charge is 2.16. The van der Waals surface area contributed by atoms with Gasteiger partial charge in [0.1, 0.15) is 4.21 Å². The number of hydrogen-bond acceptors (Lipinski definition) is 5. The summed E-state index contributed by atoms with van der Waals surface area (Å²) in [5, 5.41) is 3.29. The van der Waals surface area contributed by atoms with E-state index in [0.29, 0.717) is 9.90 Å². The summed E-state index contributed by atoms with van der Waals surface area (Å²) in [5.74, 6) is 0. The van der Waals surface area contributed by atoms with Crippen LogP contribution >= 0.6 is 11.3 Å². The summed E-state index contributed by atoms with van der Waals surface area (Å²) in [6, 6.07) is 10.8. The van der Waals surface area contributed by atoms with Crippen molar-refractivity contribution in [1.82, 2.24) is 4.90 Å². The van der Waals surface area contributed by atoms with Gasteiger partial charge in [-0.15, -0.1) is 11.3 Å². The van der Waals surface area contributed by atoms with Gasteiger partial charge in [-0.1, -0.05) is 6.92 Å². The van der Waals surface area contributed by atoms with Crippen molar-refractivity contribution < 1.29 is 8.42 Å². The first kappa shape index (κ1) is 17.8. The van der Waals surface area contributed by atoms with Gasteiger partial charge in [0, 0.05) is 29.3 Å². The summed E-state index contributed by atoms with van der Waals surface area (Å²) < 4.78 is 27.7. The van der Waals surface area contributed by atoms with Crippen molar-refractivity contribution in [3.8, 4) is 0 Å². The number of hydrogen-bond donors (Lipinski definition) is 2. The fourth-order valence-electron chi connectivity index (χ4n) is 1.98. The Labute approximate surface area is 142 Å². The Morgan fingerprint density at radius 2 is 1.70 bits per heavy atom. The van der Waals surface area contributed by atoms with Crippen LogP contribution in [0.1, 0.15) is 11.8 Å². The van der Waals surface area contributed by atoms with Gasteiger partial charge < -0.3 is 10.2 Å². The van der Waals surface area contributed by atoms with Gasteiger partial charge in [0.25, 0.3) is 10.0 Å². The van der Waals surface area contributed by atoms with E-state index in [0.717, 1.165) is 30.1 Å². The van der Waals surface area contributed by atoms with Gasteiger partial charge in [-0.25, -0.2) is 8.42 Å². The minimum absolute atomic E-state index is 0.350. The molecule has 0 fully saturated rings. The number of nitrogens with one attached hydrogen (secondary N) is 2. The van der Waals surface area contributed by atoms with Gasteiger partial charge in [-0.2, -0.15) is 0 Å². The van der Waals surface area contributed by atoms with Crippen LogP contribution in [0.4, 0.5) is 11.4 Å². The average Bonchev–Trinajstić information content (AvgIpc) is 2.98. The highest BCUT2D eigenvalue weighted by Crippen LogP contribution is 2.24. The molecule has 0 aliphatic rings. The predicted octanol–water partition coefficient (Wildman–Crippen LogP) is 3.08. The fraction of sp³-hybridized carbons (Fsp3) is 0.375. The highest BCUT2D eigenvalue weighted by atomic mass is 32.2. The van der Waals surface area contributed by atoms with Crippen molar-refractivity contribution in [3.05, 3.63) is 41.3 Å². The summed E-state index contributed by atoms with van der Waals surface area (Å²) >= 11 is 1.31. The van der Waals surface area contributed by atoms with E-state index < -0.39 is 10.0 Å². The molecule has 0 radical (unpaired) electrons. The second-order valence-electron chi connectivity index (χ2n) is 5.49. The topological polar surface area (TPSA) is 61.4 Å². The Balaban J connectivity index is 1.99. The monoisotopic (exact) mass is 353 g/mol. The van der Waals surface area contributed by atoms with Crippen molar-refractivity contribution in [1.29, 1.82) is 0 Å². The number of benzene rings is 1. The fourth-order valence-corrected chi connectivity index (χ4v) is 4.33. The molecule has 0 amide bonds. The molecule has 1 aromatic heterocycles. The van der Waals surface area contributed by atoms with Crippen molar-refractivity contribution in [2.75, 3.05) is 37.2 Å². The first-order valence-electron chi connectivity index (χ1n) is 7.51. The number of nitrogens with zero attached hydrogens (tertiary/aromatic N) is 1. The van der Waals surface area contributed by atoms with Gasteiger partial charge in [0.15, 0.2) is 0 Å². The lowest BCUT2D eigenvalue weighted by atomic mass is 10.3. The Kier molecular flexibility index (Phi) is 6.04. The van der Waals surface area contributed by atoms with Crippen molar-refractivity contribution >= 4 is 32.7 Å². The number of sulfonamides is 1. The third-order valence-corrected chi connectivity index (χ3v) is 6.38. The lowest BCUT2D eigenvalue weighted by Gasteiger charge is -2.12. The zero-order valence-corrected chi connectivity index (χ0v) is 15.3. The zero-order chi connectivity index (χ0) is 16.9. The third-order valence-electron chi connectivity index (χ3n) is 3.28. The summed E-state index contributed by atoms with van der Waals surface area (Å²) in [6.45, 7) is 3.79. The third kappa shape index (κ3) is 5.23. The summed E-state index contributed by atoms with van der Waals surface area (Å²) in [6.07, 6.45) is 0.841. The van der Waals surface area contributed by atoms with Crippen molar-refractivity contribution in [2.45, 2.75) is 17.6 Å². The molecule has 0 bridgehead atoms. The molecule has 0 unspecified atom stereocenters. The van der Waals surface area contributed by atoms with Crippen LogP contribution in [0.15, 0.2) is 40.6 Å². The average molecular weight is 354 g/mol. The predicted molar refractivity (Wildman–Crippen MR) is 98.0 cm³/mol. The molecule has 2 N–H and O–H groups in total. The van der Waals surface area contributed by atoms with E-state index in [-0.39, 0.29) is 0 Å². The molecule has 126 valence electrons. The van der Waals surface area contributed by atoms with Gasteiger partial charge in [-0.3, -0.25) is 4.72 Å². The Morgan fingerprint density at radius 1 is 1.04 bits per heavy atom. The molecule has 0 aliphatic carbocycles. The molecule has 1 heterocycles. The molecule has 0 saturated heterocycles. The second kappa shape index (κ2) is 7.81. The number of rotatable bonds is 8. The van der Waals surface area contributed by atoms with Gasteiger partial charge in [0.2, 0.25) is 0 Å². The van der Waals surface area contributed by atoms with Crippen molar-refractivity contribution in [3.63, 3.8) is 0 Å². The largest absolute Gasteiger partial charge is 0.384 e. The first-order valence-corrected chi connectivity index (χ1v) is 9.81. The molecule has 0 spiro atoms. The van der Waals surface area contributed by atoms with Gasteiger partial charge in [0.05, 0.1) is 0 Å². The first-order chi connectivity index (χ1) is 10.9. The van der Waals surface area contributed by atoms with E-state index in [1.807, 2.05) is 39.2 Å². The smallest absolute Gasteiger partial charge is 0.271 e. The quantitative estimate of drug-likeness (QED) is 0.766. The van der Waals surface area contributed by atoms with Gasteiger partial charge in [-0.05, 0) is 56.9 Å². The molecule has 2 aromatic rings. The molecule has 0 atom stereocenters. The minimum Gasteiger partial charge on any atom is -0.384 e. The maximum absolute atomic E-state index is 12.3. The number of anilines is 2. The van der Waals surface area contributed by atoms with E-state index in [1.54, 1.807) is 18.2 Å². The lowest BCUT2D eigenvalue weighted by Crippen LogP contribution is -2.20. The van der Waals surface area contributed by atoms with Crippen LogP contribution in [0.2, 0.25) is 0 Å². The summed E-state index contributed by atoms with van der Waals surface area (Å²) in [7, 11) is 0.542. The molecule has 2 rings (SSSR count). The van der Waals surface area contributed by atoms with Crippen LogP contribution < -0.4 is 10.0 Å². The molecule has 0 aliphatic heterocycles. The second-order valence-corrected chi connectivity index (χ2v) is 8.56. The molecule has 1 aromatic carbocycles. The van der Waals surface area contributed by atoms with E-state index in [2.05, 4.69) is 14.9 Å². The van der Waals surface area contributed by atoms with E-state index in [4.69, 9.17) is 0 Å². The zero-order valence-electron chi connectivity index (χ0n) is 13.7. The maximum atomic E-state index is 12.3. The number of likely N-dealkylation sites (N-methyl/N-ethyl adjacent to an activating group) is 1.